The van der Waals surface area contributed by atoms with Crippen LogP contribution in [0, 0.1) is 0 Å². The molecule has 1 fully saturated rings. The van der Waals surface area contributed by atoms with E-state index in [4.69, 9.17) is 0 Å². The van der Waals surface area contributed by atoms with Crippen LogP contribution in [0.5, 0.6) is 0 Å². The highest BCUT2D eigenvalue weighted by Crippen LogP contribution is 2.29. The number of thiophene rings is 1. The number of rotatable bonds is 2. The van der Waals surface area contributed by atoms with E-state index in [9.17, 15) is 4.79 Å². The van der Waals surface area contributed by atoms with Crippen molar-refractivity contribution >= 4 is 33.2 Å². The van der Waals surface area contributed by atoms with Crippen molar-refractivity contribution in [1.29, 1.82) is 0 Å². The average molecular weight is 288 g/mol. The number of hydrogen-bond donors (Lipinski definition) is 0. The number of carbonyl (C=O) groups excluding carboxylic acids is 1. The Kier molecular flexibility index (Phi) is 3.46. The maximum atomic E-state index is 11.9. The molecule has 2 heterocycles. The second-order valence-electron chi connectivity index (χ2n) is 3.83. The number of carbonyl (C=O) groups is 1. The van der Waals surface area contributed by atoms with Crippen molar-refractivity contribution in [2.75, 3.05) is 6.54 Å². The molecule has 0 aliphatic carbocycles. The standard InChI is InChI=1S/C11H14BrNOS/c1-8(10-5-3-7-15-10)13-6-2-4-9(12)11(13)14/h3,5,7-9H,2,4,6H2,1H3. The lowest BCUT2D eigenvalue weighted by molar-refractivity contribution is -0.134. The Hall–Kier alpha value is -0.350. The van der Waals surface area contributed by atoms with E-state index in [0.717, 1.165) is 19.4 Å². The molecule has 1 saturated heterocycles. The van der Waals surface area contributed by atoms with Crippen LogP contribution >= 0.6 is 27.3 Å². The van der Waals surface area contributed by atoms with Crippen LogP contribution in [0.25, 0.3) is 0 Å². The second kappa shape index (κ2) is 4.66. The average Bonchev–Trinajstić information content (AvgIpc) is 2.74. The summed E-state index contributed by atoms with van der Waals surface area (Å²) in [5, 5.41) is 2.06. The van der Waals surface area contributed by atoms with Crippen molar-refractivity contribution in [2.24, 2.45) is 0 Å². The van der Waals surface area contributed by atoms with Crippen molar-refractivity contribution in [1.82, 2.24) is 4.90 Å². The van der Waals surface area contributed by atoms with Crippen LogP contribution in [-0.4, -0.2) is 22.2 Å². The zero-order valence-corrected chi connectivity index (χ0v) is 11.1. The quantitative estimate of drug-likeness (QED) is 0.765. The molecule has 2 nitrogen and oxygen atoms in total. The van der Waals surface area contributed by atoms with Gasteiger partial charge in [0.15, 0.2) is 0 Å². The molecule has 0 radical (unpaired) electrons. The van der Waals surface area contributed by atoms with Gasteiger partial charge in [-0.05, 0) is 31.2 Å². The first-order valence-corrected chi connectivity index (χ1v) is 6.97. The van der Waals surface area contributed by atoms with E-state index in [1.165, 1.54) is 4.88 Å². The number of piperidine rings is 1. The first-order valence-electron chi connectivity index (χ1n) is 5.18. The first-order chi connectivity index (χ1) is 7.20. The highest BCUT2D eigenvalue weighted by Gasteiger charge is 2.30. The van der Waals surface area contributed by atoms with E-state index in [1.54, 1.807) is 11.3 Å². The van der Waals surface area contributed by atoms with E-state index < -0.39 is 0 Å². The predicted molar refractivity (Wildman–Crippen MR) is 66.4 cm³/mol. The monoisotopic (exact) mass is 287 g/mol. The second-order valence-corrected chi connectivity index (χ2v) is 5.92. The molecular formula is C11H14BrNOS. The molecule has 0 saturated carbocycles. The normalized spacial score (nSPS) is 24.3. The van der Waals surface area contributed by atoms with Gasteiger partial charge in [0, 0.05) is 11.4 Å². The number of nitrogens with zero attached hydrogens (tertiary/aromatic N) is 1. The van der Waals surface area contributed by atoms with Gasteiger partial charge in [-0.25, -0.2) is 0 Å². The summed E-state index contributed by atoms with van der Waals surface area (Å²) in [6.07, 6.45) is 2.06. The fourth-order valence-electron chi connectivity index (χ4n) is 1.92. The molecule has 2 rings (SSSR count). The van der Waals surface area contributed by atoms with E-state index in [-0.39, 0.29) is 16.8 Å². The van der Waals surface area contributed by atoms with Gasteiger partial charge in [-0.3, -0.25) is 4.79 Å². The zero-order valence-electron chi connectivity index (χ0n) is 8.65. The molecule has 1 amide bonds. The van der Waals surface area contributed by atoms with Crippen LogP contribution in [0.1, 0.15) is 30.7 Å². The Morgan fingerprint density at radius 2 is 2.47 bits per heavy atom. The Morgan fingerprint density at radius 3 is 3.13 bits per heavy atom. The topological polar surface area (TPSA) is 20.3 Å². The lowest BCUT2D eigenvalue weighted by atomic mass is 10.1. The highest BCUT2D eigenvalue weighted by molar-refractivity contribution is 9.10. The van der Waals surface area contributed by atoms with Gasteiger partial charge in [0.25, 0.3) is 0 Å². The maximum absolute atomic E-state index is 11.9. The van der Waals surface area contributed by atoms with Crippen LogP contribution < -0.4 is 0 Å². The van der Waals surface area contributed by atoms with Crippen molar-refractivity contribution in [3.8, 4) is 0 Å². The fourth-order valence-corrected chi connectivity index (χ4v) is 3.30. The number of alkyl halides is 1. The number of halogens is 1. The van der Waals surface area contributed by atoms with Gasteiger partial charge in [-0.2, -0.15) is 0 Å². The summed E-state index contributed by atoms with van der Waals surface area (Å²) in [5.74, 6) is 0.238. The van der Waals surface area contributed by atoms with Crippen LogP contribution in [-0.2, 0) is 4.79 Å². The third kappa shape index (κ3) is 2.26. The van der Waals surface area contributed by atoms with Crippen LogP contribution in [0.15, 0.2) is 17.5 Å². The van der Waals surface area contributed by atoms with Gasteiger partial charge in [-0.15, -0.1) is 11.3 Å². The third-order valence-corrected chi connectivity index (χ3v) is 4.72. The van der Waals surface area contributed by atoms with Gasteiger partial charge >= 0.3 is 0 Å². The van der Waals surface area contributed by atoms with Crippen molar-refractivity contribution in [3.63, 3.8) is 0 Å². The zero-order chi connectivity index (χ0) is 10.8. The molecule has 0 spiro atoms. The maximum Gasteiger partial charge on any atom is 0.236 e. The minimum atomic E-state index is 0.0219. The van der Waals surface area contributed by atoms with Crippen molar-refractivity contribution < 1.29 is 4.79 Å². The van der Waals surface area contributed by atoms with Crippen LogP contribution in [0.3, 0.4) is 0 Å². The molecule has 1 aromatic heterocycles. The Balaban J connectivity index is 2.13. The summed E-state index contributed by atoms with van der Waals surface area (Å²) >= 11 is 5.16. The summed E-state index contributed by atoms with van der Waals surface area (Å²) in [6.45, 7) is 2.99. The minimum Gasteiger partial charge on any atom is -0.334 e. The van der Waals surface area contributed by atoms with E-state index in [0.29, 0.717) is 0 Å². The lowest BCUT2D eigenvalue weighted by Crippen LogP contribution is -2.42. The smallest absolute Gasteiger partial charge is 0.236 e. The Bertz CT molecular complexity index is 338. The molecule has 0 bridgehead atoms. The molecule has 1 aliphatic heterocycles. The lowest BCUT2D eigenvalue weighted by Gasteiger charge is -2.34. The third-order valence-electron chi connectivity index (χ3n) is 2.83. The molecule has 1 aliphatic rings. The fraction of sp³-hybridized carbons (Fsp3) is 0.545. The van der Waals surface area contributed by atoms with Crippen molar-refractivity contribution in [2.45, 2.75) is 30.6 Å². The molecular weight excluding hydrogens is 274 g/mol. The van der Waals surface area contributed by atoms with Gasteiger partial charge in [-0.1, -0.05) is 22.0 Å². The molecule has 0 aromatic carbocycles. The largest absolute Gasteiger partial charge is 0.334 e. The molecule has 0 N–H and O–H groups in total. The summed E-state index contributed by atoms with van der Waals surface area (Å²) < 4.78 is 0. The van der Waals surface area contributed by atoms with Crippen LogP contribution in [0.2, 0.25) is 0 Å². The number of likely N-dealkylation sites (tertiary alicyclic amines) is 1. The molecule has 4 heteroatoms. The van der Waals surface area contributed by atoms with Gasteiger partial charge < -0.3 is 4.90 Å². The minimum absolute atomic E-state index is 0.0219. The Labute approximate surface area is 102 Å². The summed E-state index contributed by atoms with van der Waals surface area (Å²) in [6, 6.07) is 4.36. The summed E-state index contributed by atoms with van der Waals surface area (Å²) in [4.78, 5) is 15.2. The molecule has 2 atom stereocenters. The van der Waals surface area contributed by atoms with Gasteiger partial charge in [0.1, 0.15) is 0 Å². The number of hydrogen-bond acceptors (Lipinski definition) is 2. The molecule has 1 aromatic rings. The van der Waals surface area contributed by atoms with Crippen molar-refractivity contribution in [3.05, 3.63) is 22.4 Å². The van der Waals surface area contributed by atoms with Gasteiger partial charge in [0.05, 0.1) is 10.9 Å². The summed E-state index contributed by atoms with van der Waals surface area (Å²) in [5.41, 5.74) is 0. The van der Waals surface area contributed by atoms with E-state index in [2.05, 4.69) is 34.3 Å². The highest BCUT2D eigenvalue weighted by atomic mass is 79.9. The molecule has 82 valence electrons. The SMILES string of the molecule is CC(c1cccs1)N1CCCC(Br)C1=O. The van der Waals surface area contributed by atoms with E-state index in [1.807, 2.05) is 11.0 Å². The Morgan fingerprint density at radius 1 is 1.67 bits per heavy atom. The summed E-state index contributed by atoms with van der Waals surface area (Å²) in [7, 11) is 0. The predicted octanol–water partition coefficient (Wildman–Crippen LogP) is 3.20. The molecule has 15 heavy (non-hydrogen) atoms. The van der Waals surface area contributed by atoms with Gasteiger partial charge in [0.2, 0.25) is 5.91 Å². The van der Waals surface area contributed by atoms with Crippen LogP contribution in [0.4, 0.5) is 0 Å². The van der Waals surface area contributed by atoms with E-state index >= 15 is 0 Å². The number of amides is 1. The molecule has 2 unspecified atom stereocenters. The first kappa shape index (κ1) is 11.1.